The highest BCUT2D eigenvalue weighted by Gasteiger charge is 2.22. The van der Waals surface area contributed by atoms with E-state index in [2.05, 4.69) is 33.5 Å². The van der Waals surface area contributed by atoms with Crippen LogP contribution in [0.3, 0.4) is 0 Å². The number of unbranched alkanes of at least 4 members (excludes halogenated alkanes) is 2. The Hall–Kier alpha value is -2.65. The van der Waals surface area contributed by atoms with Crippen LogP contribution in [0.5, 0.6) is 0 Å². The second kappa shape index (κ2) is 13.6. The first-order valence-electron chi connectivity index (χ1n) is 10.2. The third-order valence-corrected chi connectivity index (χ3v) is 5.02. The lowest BCUT2D eigenvalue weighted by molar-refractivity contribution is -0.182. The third-order valence-electron chi connectivity index (χ3n) is 4.59. The summed E-state index contributed by atoms with van der Waals surface area (Å²) in [5.74, 6) is -1.01. The summed E-state index contributed by atoms with van der Waals surface area (Å²) in [5.41, 5.74) is 0.925. The van der Waals surface area contributed by atoms with Crippen LogP contribution in [0.2, 0.25) is 0 Å². The molecule has 1 aromatic carbocycles. The molecule has 1 unspecified atom stereocenters. The maximum atomic E-state index is 12.7. The van der Waals surface area contributed by atoms with Crippen LogP contribution >= 0.6 is 15.9 Å². The Morgan fingerprint density at radius 2 is 1.94 bits per heavy atom. The topological polar surface area (TPSA) is 101 Å². The van der Waals surface area contributed by atoms with Crippen molar-refractivity contribution in [3.8, 4) is 0 Å². The minimum atomic E-state index is -0.456. The van der Waals surface area contributed by atoms with Crippen molar-refractivity contribution in [1.29, 1.82) is 0 Å². The van der Waals surface area contributed by atoms with E-state index in [1.807, 2.05) is 30.3 Å². The van der Waals surface area contributed by atoms with Crippen LogP contribution < -0.4 is 10.6 Å². The summed E-state index contributed by atoms with van der Waals surface area (Å²) in [6.45, 7) is 2.40. The molecule has 168 valence electrons. The van der Waals surface area contributed by atoms with Gasteiger partial charge in [-0.1, -0.05) is 56.5 Å². The number of hydroxylamine groups is 2. The van der Waals surface area contributed by atoms with Crippen LogP contribution in [-0.2, 0) is 21.0 Å². The molecule has 3 amide bonds. The zero-order chi connectivity index (χ0) is 22.5. The minimum absolute atomic E-state index is 0.0494. The van der Waals surface area contributed by atoms with E-state index in [1.54, 1.807) is 6.07 Å². The van der Waals surface area contributed by atoms with Gasteiger partial charge >= 0.3 is 0 Å². The zero-order valence-electron chi connectivity index (χ0n) is 17.5. The van der Waals surface area contributed by atoms with Gasteiger partial charge in [0.2, 0.25) is 12.3 Å². The molecule has 0 bridgehead atoms. The largest absolute Gasteiger partial charge is 0.444 e. The second-order valence-corrected chi connectivity index (χ2v) is 7.77. The molecular formula is C22H28BrN3O5. The van der Waals surface area contributed by atoms with E-state index in [1.165, 1.54) is 6.07 Å². The van der Waals surface area contributed by atoms with E-state index in [-0.39, 0.29) is 31.5 Å². The monoisotopic (exact) mass is 493 g/mol. The first kappa shape index (κ1) is 24.6. The van der Waals surface area contributed by atoms with Crippen LogP contribution in [0, 0.1) is 5.92 Å². The fourth-order valence-electron chi connectivity index (χ4n) is 2.90. The van der Waals surface area contributed by atoms with Gasteiger partial charge in [-0.15, -0.1) is 0 Å². The Morgan fingerprint density at radius 3 is 2.58 bits per heavy atom. The van der Waals surface area contributed by atoms with Gasteiger partial charge in [0.15, 0.2) is 10.4 Å². The molecule has 9 heteroatoms. The lowest BCUT2D eigenvalue weighted by Gasteiger charge is -2.23. The number of amides is 3. The average Bonchev–Trinajstić information content (AvgIpc) is 3.22. The van der Waals surface area contributed by atoms with E-state index in [9.17, 15) is 14.4 Å². The van der Waals surface area contributed by atoms with Gasteiger partial charge in [-0.05, 0) is 40.0 Å². The fraction of sp³-hybridized carbons (Fsp3) is 0.409. The highest BCUT2D eigenvalue weighted by Crippen LogP contribution is 2.14. The lowest BCUT2D eigenvalue weighted by Crippen LogP contribution is -2.43. The molecule has 0 spiro atoms. The van der Waals surface area contributed by atoms with E-state index >= 15 is 0 Å². The predicted octanol–water partition coefficient (Wildman–Crippen LogP) is 3.63. The number of furan rings is 1. The van der Waals surface area contributed by atoms with Crippen LogP contribution in [0.1, 0.15) is 48.7 Å². The Balaban J connectivity index is 1.86. The summed E-state index contributed by atoms with van der Waals surface area (Å²) in [5, 5.41) is 6.43. The van der Waals surface area contributed by atoms with Crippen molar-refractivity contribution in [2.45, 2.75) is 39.2 Å². The van der Waals surface area contributed by atoms with Crippen molar-refractivity contribution >= 4 is 34.2 Å². The fourth-order valence-corrected chi connectivity index (χ4v) is 3.21. The summed E-state index contributed by atoms with van der Waals surface area (Å²) in [7, 11) is 0. The SMILES string of the molecule is CCCCCC(CN(C=O)OCc1ccccc1)C(=O)NCNC(=O)c1ccc(Br)o1. The molecule has 2 rings (SSSR count). The van der Waals surface area contributed by atoms with Crippen molar-refractivity contribution in [3.63, 3.8) is 0 Å². The highest BCUT2D eigenvalue weighted by molar-refractivity contribution is 9.10. The number of nitrogens with zero attached hydrogens (tertiary/aromatic N) is 1. The molecule has 0 aliphatic carbocycles. The van der Waals surface area contributed by atoms with E-state index in [0.717, 1.165) is 29.9 Å². The maximum Gasteiger partial charge on any atom is 0.288 e. The van der Waals surface area contributed by atoms with Crippen LogP contribution in [0.4, 0.5) is 0 Å². The van der Waals surface area contributed by atoms with Gasteiger partial charge in [0.1, 0.15) is 6.61 Å². The maximum absolute atomic E-state index is 12.7. The molecule has 2 N–H and O–H groups in total. The van der Waals surface area contributed by atoms with Gasteiger partial charge in [0.05, 0.1) is 19.1 Å². The molecule has 1 heterocycles. The van der Waals surface area contributed by atoms with Crippen molar-refractivity contribution < 1.29 is 23.6 Å². The van der Waals surface area contributed by atoms with Gasteiger partial charge in [0.25, 0.3) is 5.91 Å². The van der Waals surface area contributed by atoms with Crippen LogP contribution in [0.25, 0.3) is 0 Å². The lowest BCUT2D eigenvalue weighted by atomic mass is 10.0. The first-order chi connectivity index (χ1) is 15.0. The number of hydrogen-bond donors (Lipinski definition) is 2. The van der Waals surface area contributed by atoms with Crippen LogP contribution in [0.15, 0.2) is 51.6 Å². The Kier molecular flexibility index (Phi) is 10.8. The van der Waals surface area contributed by atoms with Crippen molar-refractivity contribution in [1.82, 2.24) is 15.7 Å². The Bertz CT molecular complexity index is 828. The summed E-state index contributed by atoms with van der Waals surface area (Å²) < 4.78 is 5.62. The number of carbonyl (C=O) groups excluding carboxylic acids is 3. The molecule has 0 radical (unpaired) electrons. The van der Waals surface area contributed by atoms with Gasteiger partial charge in [-0.25, -0.2) is 5.06 Å². The highest BCUT2D eigenvalue weighted by atomic mass is 79.9. The van der Waals surface area contributed by atoms with Crippen LogP contribution in [-0.4, -0.2) is 36.5 Å². The number of hydrogen-bond acceptors (Lipinski definition) is 5. The Morgan fingerprint density at radius 1 is 1.16 bits per heavy atom. The van der Waals surface area contributed by atoms with E-state index < -0.39 is 11.8 Å². The third kappa shape index (κ3) is 8.94. The average molecular weight is 494 g/mol. The van der Waals surface area contributed by atoms with Gasteiger partial charge in [0, 0.05) is 0 Å². The number of carbonyl (C=O) groups is 3. The van der Waals surface area contributed by atoms with Crippen molar-refractivity contribution in [3.05, 3.63) is 58.5 Å². The van der Waals surface area contributed by atoms with Gasteiger partial charge in [-0.3, -0.25) is 19.2 Å². The van der Waals surface area contributed by atoms with Crippen molar-refractivity contribution in [2.24, 2.45) is 5.92 Å². The zero-order valence-corrected chi connectivity index (χ0v) is 19.1. The second-order valence-electron chi connectivity index (χ2n) is 6.98. The smallest absolute Gasteiger partial charge is 0.288 e. The summed E-state index contributed by atoms with van der Waals surface area (Å²) >= 11 is 3.14. The number of benzene rings is 1. The summed E-state index contributed by atoms with van der Waals surface area (Å²) in [4.78, 5) is 41.7. The van der Waals surface area contributed by atoms with Crippen molar-refractivity contribution in [2.75, 3.05) is 13.2 Å². The standard InChI is InChI=1S/C22H28BrN3O5/c1-2-3-5-10-18(13-26(16-27)30-14-17-8-6-4-7-9-17)21(28)24-15-25-22(29)19-11-12-20(23)31-19/h4,6-9,11-12,16,18H,2-3,5,10,13-15H2,1H3,(H,24,28)(H,25,29). The molecule has 1 atom stereocenters. The minimum Gasteiger partial charge on any atom is -0.444 e. The number of nitrogens with one attached hydrogen (secondary N) is 2. The Labute approximate surface area is 190 Å². The molecule has 1 aromatic heterocycles. The molecule has 0 saturated heterocycles. The molecule has 8 nitrogen and oxygen atoms in total. The molecule has 31 heavy (non-hydrogen) atoms. The number of halogens is 1. The van der Waals surface area contributed by atoms with E-state index in [4.69, 9.17) is 9.25 Å². The molecule has 0 saturated carbocycles. The first-order valence-corrected chi connectivity index (χ1v) is 11.0. The summed E-state index contributed by atoms with van der Waals surface area (Å²) in [6, 6.07) is 12.6. The predicted molar refractivity (Wildman–Crippen MR) is 119 cm³/mol. The molecular weight excluding hydrogens is 466 g/mol. The molecule has 0 aliphatic rings. The van der Waals surface area contributed by atoms with Gasteiger partial charge < -0.3 is 15.1 Å². The molecule has 2 aromatic rings. The summed E-state index contributed by atoms with van der Waals surface area (Å²) in [6.07, 6.45) is 4.05. The van der Waals surface area contributed by atoms with E-state index in [0.29, 0.717) is 17.5 Å². The molecule has 0 aliphatic heterocycles. The number of rotatable bonds is 14. The van der Waals surface area contributed by atoms with Gasteiger partial charge in [-0.2, -0.15) is 0 Å². The quantitative estimate of drug-likeness (QED) is 0.181. The normalized spacial score (nSPS) is 11.5. The molecule has 0 fully saturated rings.